The number of aliphatic carboxylic acids is 1. The number of Topliss-reactive ketones (excluding diaryl/α,β-unsaturated/α-hetero) is 2. The second kappa shape index (κ2) is 12.1. The van der Waals surface area contributed by atoms with Gasteiger partial charge in [-0.25, -0.2) is 4.79 Å². The Morgan fingerprint density at radius 3 is 2.12 bits per heavy atom. The molecule has 2 aromatic carbocycles. The van der Waals surface area contributed by atoms with E-state index >= 15 is 0 Å². The minimum absolute atomic E-state index is 0.0622. The van der Waals surface area contributed by atoms with Gasteiger partial charge < -0.3 is 21.6 Å². The molecular formula is C23H23Cl2N3O5. The Morgan fingerprint density at radius 2 is 1.55 bits per heavy atom. The van der Waals surface area contributed by atoms with Crippen molar-refractivity contribution < 1.29 is 24.3 Å². The van der Waals surface area contributed by atoms with Crippen LogP contribution in [0.1, 0.15) is 41.6 Å². The summed E-state index contributed by atoms with van der Waals surface area (Å²) < 4.78 is 0. The fraction of sp³-hybridized carbons (Fsp3) is 0.261. The third-order valence-electron chi connectivity index (χ3n) is 4.74. The number of rotatable bonds is 12. The Balaban J connectivity index is 1.83. The first-order valence-corrected chi connectivity index (χ1v) is 10.7. The zero-order valence-electron chi connectivity index (χ0n) is 17.6. The number of nitrogens with one attached hydrogen (secondary N) is 2. The number of nitrogens with two attached hydrogens (primary N) is 1. The van der Waals surface area contributed by atoms with E-state index in [1.807, 2.05) is 0 Å². The lowest BCUT2D eigenvalue weighted by molar-refractivity contribution is -0.139. The highest BCUT2D eigenvalue weighted by Crippen LogP contribution is 2.25. The minimum atomic E-state index is -1.28. The van der Waals surface area contributed by atoms with Gasteiger partial charge >= 0.3 is 5.97 Å². The Kier molecular flexibility index (Phi) is 9.57. The molecule has 1 atom stereocenters. The smallest absolute Gasteiger partial charge is 0.326 e. The molecule has 8 nitrogen and oxygen atoms in total. The lowest BCUT2D eigenvalue weighted by atomic mass is 10.00. The van der Waals surface area contributed by atoms with Crippen molar-refractivity contribution in [3.63, 3.8) is 0 Å². The van der Waals surface area contributed by atoms with Crippen LogP contribution < -0.4 is 11.1 Å². The van der Waals surface area contributed by atoms with E-state index in [4.69, 9.17) is 34.3 Å². The summed E-state index contributed by atoms with van der Waals surface area (Å²) in [7, 11) is 0. The molecule has 0 aliphatic rings. The van der Waals surface area contributed by atoms with Crippen molar-refractivity contribution in [3.8, 4) is 0 Å². The Labute approximate surface area is 200 Å². The molecule has 5 N–H and O–H groups in total. The topological polar surface area (TPSA) is 150 Å². The number of carboxylic acid groups (broad SMARTS) is 1. The van der Waals surface area contributed by atoms with E-state index in [0.717, 1.165) is 0 Å². The number of ketones is 2. The molecule has 10 heteroatoms. The maximum Gasteiger partial charge on any atom is 0.326 e. The third kappa shape index (κ3) is 8.32. The van der Waals surface area contributed by atoms with Gasteiger partial charge in [0, 0.05) is 52.7 Å². The number of hydrogen-bond donors (Lipinski definition) is 4. The maximum absolute atomic E-state index is 12.2. The van der Waals surface area contributed by atoms with Gasteiger partial charge in [-0.15, -0.1) is 0 Å². The van der Waals surface area contributed by atoms with Crippen LogP contribution in [-0.2, 0) is 20.8 Å². The fourth-order valence-electron chi connectivity index (χ4n) is 3.03. The van der Waals surface area contributed by atoms with Gasteiger partial charge in [0.05, 0.1) is 0 Å². The van der Waals surface area contributed by atoms with Gasteiger partial charge in [-0.1, -0.05) is 29.3 Å². The molecule has 0 unspecified atom stereocenters. The van der Waals surface area contributed by atoms with E-state index in [-0.39, 0.29) is 49.2 Å². The average Bonchev–Trinajstić information content (AvgIpc) is 2.73. The van der Waals surface area contributed by atoms with Gasteiger partial charge in [0.25, 0.3) is 5.91 Å². The highest BCUT2D eigenvalue weighted by molar-refractivity contribution is 6.36. The van der Waals surface area contributed by atoms with Crippen LogP contribution in [0.25, 0.3) is 0 Å². The molecule has 0 fully saturated rings. The van der Waals surface area contributed by atoms with E-state index in [1.165, 1.54) is 24.3 Å². The molecule has 33 heavy (non-hydrogen) atoms. The number of nitrogen functional groups attached to an aromatic ring is 1. The summed E-state index contributed by atoms with van der Waals surface area (Å²) in [5.41, 5.74) is 6.64. The molecule has 2 rings (SSSR count). The molecule has 0 saturated carbocycles. The molecule has 0 bridgehead atoms. The quantitative estimate of drug-likeness (QED) is 0.262. The van der Waals surface area contributed by atoms with Crippen LogP contribution in [0.15, 0.2) is 42.5 Å². The third-order valence-corrected chi connectivity index (χ3v) is 5.45. The predicted octanol–water partition coefficient (Wildman–Crippen LogP) is 3.72. The molecule has 0 aliphatic carbocycles. The lowest BCUT2D eigenvalue weighted by Crippen LogP contribution is -2.41. The molecule has 0 aliphatic heterocycles. The highest BCUT2D eigenvalue weighted by Gasteiger charge is 2.22. The van der Waals surface area contributed by atoms with E-state index in [1.54, 1.807) is 18.2 Å². The van der Waals surface area contributed by atoms with E-state index in [0.29, 0.717) is 21.3 Å². The molecular weight excluding hydrogens is 469 g/mol. The van der Waals surface area contributed by atoms with Crippen LogP contribution >= 0.6 is 23.2 Å². The molecule has 2 aromatic rings. The molecule has 0 aromatic heterocycles. The summed E-state index contributed by atoms with van der Waals surface area (Å²) in [6, 6.07) is 9.54. The first-order chi connectivity index (χ1) is 15.6. The summed E-state index contributed by atoms with van der Waals surface area (Å²) in [4.78, 5) is 48.1. The lowest BCUT2D eigenvalue weighted by Gasteiger charge is -2.14. The van der Waals surface area contributed by atoms with Gasteiger partial charge in [0.2, 0.25) is 0 Å². The standard InChI is InChI=1S/C23H23Cl2N3O5/c24-19-2-1-3-20(25)18(19)12-17(30)11-15(27)10-16(29)8-9-21(23(32)33)28-22(31)13-4-6-14(26)7-5-13/h1-7,21,27H,8-12,26H2,(H,28,31)(H,32,33)/t21-/m0/s1. The van der Waals surface area contributed by atoms with Crippen LogP contribution in [0.5, 0.6) is 0 Å². The number of halogens is 2. The second-order valence-electron chi connectivity index (χ2n) is 7.44. The molecule has 0 heterocycles. The van der Waals surface area contributed by atoms with Crippen molar-refractivity contribution in [2.75, 3.05) is 5.73 Å². The van der Waals surface area contributed by atoms with E-state index in [2.05, 4.69) is 5.32 Å². The van der Waals surface area contributed by atoms with Gasteiger partial charge in [-0.05, 0) is 48.4 Å². The Hall–Kier alpha value is -3.23. The number of carboxylic acids is 1. The van der Waals surface area contributed by atoms with Crippen molar-refractivity contribution in [2.24, 2.45) is 0 Å². The van der Waals surface area contributed by atoms with Crippen molar-refractivity contribution in [2.45, 2.75) is 38.1 Å². The normalized spacial score (nSPS) is 11.5. The monoisotopic (exact) mass is 491 g/mol. The van der Waals surface area contributed by atoms with Crippen LogP contribution in [0.2, 0.25) is 10.0 Å². The first kappa shape index (κ1) is 26.0. The molecule has 0 radical (unpaired) electrons. The van der Waals surface area contributed by atoms with Gasteiger partial charge in [0.15, 0.2) is 0 Å². The van der Waals surface area contributed by atoms with E-state index in [9.17, 15) is 24.3 Å². The SMILES string of the molecule is N=C(CC(=O)CC[C@H](NC(=O)c1ccc(N)cc1)C(=O)O)CC(=O)Cc1c(Cl)cccc1Cl. The molecule has 0 spiro atoms. The Morgan fingerprint density at radius 1 is 0.970 bits per heavy atom. The molecule has 1 amide bonds. The molecule has 174 valence electrons. The largest absolute Gasteiger partial charge is 0.480 e. The Bertz CT molecular complexity index is 1050. The fourth-order valence-corrected chi connectivity index (χ4v) is 3.56. The number of benzene rings is 2. The van der Waals surface area contributed by atoms with Crippen molar-refractivity contribution in [1.29, 1.82) is 5.41 Å². The van der Waals surface area contributed by atoms with Gasteiger partial charge in [-0.2, -0.15) is 0 Å². The van der Waals surface area contributed by atoms with Crippen LogP contribution in [0, 0.1) is 5.41 Å². The number of hydrogen-bond acceptors (Lipinski definition) is 6. The van der Waals surface area contributed by atoms with Gasteiger partial charge in [0.1, 0.15) is 17.6 Å². The van der Waals surface area contributed by atoms with Gasteiger partial charge in [-0.3, -0.25) is 14.4 Å². The molecule has 0 saturated heterocycles. The van der Waals surface area contributed by atoms with Crippen molar-refractivity contribution in [3.05, 3.63) is 63.6 Å². The summed E-state index contributed by atoms with van der Waals surface area (Å²) in [6.07, 6.45) is -0.922. The predicted molar refractivity (Wildman–Crippen MR) is 126 cm³/mol. The number of carbonyl (C=O) groups excluding carboxylic acids is 3. The van der Waals surface area contributed by atoms with Crippen LogP contribution in [0.4, 0.5) is 5.69 Å². The second-order valence-corrected chi connectivity index (χ2v) is 8.25. The number of anilines is 1. The maximum atomic E-state index is 12.2. The van der Waals surface area contributed by atoms with E-state index < -0.39 is 23.7 Å². The number of carbonyl (C=O) groups is 4. The highest BCUT2D eigenvalue weighted by atomic mass is 35.5. The minimum Gasteiger partial charge on any atom is -0.480 e. The van der Waals surface area contributed by atoms with Crippen LogP contribution in [0.3, 0.4) is 0 Å². The average molecular weight is 492 g/mol. The van der Waals surface area contributed by atoms with Crippen molar-refractivity contribution >= 4 is 58.0 Å². The van der Waals surface area contributed by atoms with Crippen LogP contribution in [-0.4, -0.2) is 40.3 Å². The first-order valence-electron chi connectivity index (χ1n) is 9.98. The summed E-state index contributed by atoms with van der Waals surface area (Å²) in [6.45, 7) is 0. The summed E-state index contributed by atoms with van der Waals surface area (Å²) in [5, 5.41) is 20.3. The zero-order valence-corrected chi connectivity index (χ0v) is 19.1. The number of amides is 1. The van der Waals surface area contributed by atoms with Crippen molar-refractivity contribution in [1.82, 2.24) is 5.32 Å². The summed E-state index contributed by atoms with van der Waals surface area (Å²) in [5.74, 6) is -2.61. The zero-order chi connectivity index (χ0) is 24.5. The summed E-state index contributed by atoms with van der Waals surface area (Å²) >= 11 is 12.1.